The predicted molar refractivity (Wildman–Crippen MR) is 60.0 cm³/mol. The molecule has 0 aliphatic rings. The maximum atomic E-state index is 12.8. The zero-order valence-electron chi connectivity index (χ0n) is 8.53. The number of rotatable bonds is 6. The summed E-state index contributed by atoms with van der Waals surface area (Å²) in [6, 6.07) is 4.92. The summed E-state index contributed by atoms with van der Waals surface area (Å²) in [6.45, 7) is 0.367. The normalized spacial score (nSPS) is 11.6. The molecule has 3 nitrogen and oxygen atoms in total. The van der Waals surface area contributed by atoms with E-state index >= 15 is 0 Å². The van der Waals surface area contributed by atoms with Crippen LogP contribution in [0.25, 0.3) is 0 Å². The van der Waals surface area contributed by atoms with Gasteiger partial charge in [0.15, 0.2) is 9.84 Å². The van der Waals surface area contributed by atoms with Gasteiger partial charge in [0.25, 0.3) is 0 Å². The second-order valence-electron chi connectivity index (χ2n) is 3.08. The van der Waals surface area contributed by atoms with E-state index in [4.69, 9.17) is 16.3 Å². The summed E-state index contributed by atoms with van der Waals surface area (Å²) < 4.78 is 41.1. The Morgan fingerprint density at radius 2 is 2.06 bits per heavy atom. The SMILES string of the molecule is O=S(=O)(CCOCCCl)c1cccc(F)c1. The van der Waals surface area contributed by atoms with Crippen LogP contribution in [-0.2, 0) is 14.6 Å². The van der Waals surface area contributed by atoms with Gasteiger partial charge >= 0.3 is 0 Å². The van der Waals surface area contributed by atoms with Crippen LogP contribution < -0.4 is 0 Å². The molecule has 0 saturated heterocycles. The lowest BCUT2D eigenvalue weighted by Crippen LogP contribution is -2.13. The molecular formula is C10H12ClFO3S. The van der Waals surface area contributed by atoms with Crippen LogP contribution in [0, 0.1) is 5.82 Å². The number of sulfone groups is 1. The smallest absolute Gasteiger partial charge is 0.180 e. The molecule has 0 aliphatic carbocycles. The summed E-state index contributed by atoms with van der Waals surface area (Å²) in [5.74, 6) is -0.421. The molecule has 0 unspecified atom stereocenters. The monoisotopic (exact) mass is 266 g/mol. The Morgan fingerprint density at radius 1 is 1.31 bits per heavy atom. The molecule has 0 heterocycles. The Morgan fingerprint density at radius 3 is 2.69 bits per heavy atom. The van der Waals surface area contributed by atoms with Crippen molar-refractivity contribution in [1.82, 2.24) is 0 Å². The average Bonchev–Trinajstić information content (AvgIpc) is 2.24. The van der Waals surface area contributed by atoms with Gasteiger partial charge in [0.2, 0.25) is 0 Å². The number of benzene rings is 1. The van der Waals surface area contributed by atoms with Gasteiger partial charge in [0, 0.05) is 5.88 Å². The highest BCUT2D eigenvalue weighted by Gasteiger charge is 2.14. The summed E-state index contributed by atoms with van der Waals surface area (Å²) in [5, 5.41) is 0. The van der Waals surface area contributed by atoms with E-state index in [2.05, 4.69) is 0 Å². The number of halogens is 2. The highest BCUT2D eigenvalue weighted by Crippen LogP contribution is 2.12. The molecular weight excluding hydrogens is 255 g/mol. The summed E-state index contributed by atoms with van der Waals surface area (Å²) in [6.07, 6.45) is 0. The fourth-order valence-electron chi connectivity index (χ4n) is 1.10. The lowest BCUT2D eigenvalue weighted by atomic mass is 10.4. The van der Waals surface area contributed by atoms with Crippen LogP contribution in [0.15, 0.2) is 29.2 Å². The first kappa shape index (κ1) is 13.4. The van der Waals surface area contributed by atoms with Crippen LogP contribution in [-0.4, -0.2) is 33.3 Å². The number of hydrogen-bond acceptors (Lipinski definition) is 3. The van der Waals surface area contributed by atoms with Crippen molar-refractivity contribution in [2.75, 3.05) is 24.8 Å². The maximum absolute atomic E-state index is 12.8. The van der Waals surface area contributed by atoms with E-state index in [1.165, 1.54) is 18.2 Å². The van der Waals surface area contributed by atoms with Gasteiger partial charge in [-0.05, 0) is 18.2 Å². The lowest BCUT2D eigenvalue weighted by Gasteiger charge is -2.04. The molecule has 0 aromatic heterocycles. The average molecular weight is 267 g/mol. The molecule has 0 saturated carbocycles. The first-order chi connectivity index (χ1) is 7.56. The third kappa shape index (κ3) is 4.08. The van der Waals surface area contributed by atoms with Gasteiger partial charge in [-0.1, -0.05) is 6.07 Å². The molecule has 0 aliphatic heterocycles. The first-order valence-electron chi connectivity index (χ1n) is 4.68. The van der Waals surface area contributed by atoms with E-state index in [1.54, 1.807) is 0 Å². The van der Waals surface area contributed by atoms with E-state index in [9.17, 15) is 12.8 Å². The first-order valence-corrected chi connectivity index (χ1v) is 6.87. The lowest BCUT2D eigenvalue weighted by molar-refractivity contribution is 0.165. The van der Waals surface area contributed by atoms with Gasteiger partial charge in [0.05, 0.1) is 23.9 Å². The van der Waals surface area contributed by atoms with Crippen molar-refractivity contribution in [2.45, 2.75) is 4.90 Å². The van der Waals surface area contributed by atoms with E-state index in [0.717, 1.165) is 6.07 Å². The van der Waals surface area contributed by atoms with Gasteiger partial charge < -0.3 is 4.74 Å². The summed E-state index contributed by atoms with van der Waals surface area (Å²) in [4.78, 5) is -0.0260. The van der Waals surface area contributed by atoms with Crippen molar-refractivity contribution in [1.29, 1.82) is 0 Å². The van der Waals surface area contributed by atoms with E-state index in [0.29, 0.717) is 12.5 Å². The number of hydrogen-bond donors (Lipinski definition) is 0. The van der Waals surface area contributed by atoms with Crippen molar-refractivity contribution in [3.8, 4) is 0 Å². The Labute approximate surface area is 99.1 Å². The maximum Gasteiger partial charge on any atom is 0.180 e. The van der Waals surface area contributed by atoms with Crippen LogP contribution in [0.4, 0.5) is 4.39 Å². The highest BCUT2D eigenvalue weighted by atomic mass is 35.5. The zero-order valence-corrected chi connectivity index (χ0v) is 10.1. The molecule has 6 heteroatoms. The molecule has 1 aromatic carbocycles. The Bertz CT molecular complexity index is 433. The third-order valence-electron chi connectivity index (χ3n) is 1.87. The molecule has 1 rings (SSSR count). The van der Waals surface area contributed by atoms with Gasteiger partial charge in [-0.25, -0.2) is 12.8 Å². The van der Waals surface area contributed by atoms with Crippen molar-refractivity contribution >= 4 is 21.4 Å². The molecule has 90 valence electrons. The number of alkyl halides is 1. The second kappa shape index (κ2) is 6.18. The standard InChI is InChI=1S/C10H12ClFO3S/c11-4-5-15-6-7-16(13,14)10-3-1-2-9(12)8-10/h1-3,8H,4-7H2. The minimum atomic E-state index is -3.47. The molecule has 0 bridgehead atoms. The van der Waals surface area contributed by atoms with E-state index < -0.39 is 15.7 Å². The molecule has 16 heavy (non-hydrogen) atoms. The van der Waals surface area contributed by atoms with Crippen molar-refractivity contribution in [3.05, 3.63) is 30.1 Å². The van der Waals surface area contributed by atoms with E-state index in [-0.39, 0.29) is 17.3 Å². The number of ether oxygens (including phenoxy) is 1. The Balaban J connectivity index is 2.64. The van der Waals surface area contributed by atoms with Crippen LogP contribution in [0.5, 0.6) is 0 Å². The Kier molecular flexibility index (Phi) is 5.18. The molecule has 0 spiro atoms. The van der Waals surface area contributed by atoms with Crippen LogP contribution >= 0.6 is 11.6 Å². The second-order valence-corrected chi connectivity index (χ2v) is 5.56. The zero-order chi connectivity index (χ0) is 12.0. The van der Waals surface area contributed by atoms with Crippen LogP contribution in [0.1, 0.15) is 0 Å². The molecule has 0 fully saturated rings. The van der Waals surface area contributed by atoms with Crippen molar-refractivity contribution in [3.63, 3.8) is 0 Å². The van der Waals surface area contributed by atoms with E-state index in [1.807, 2.05) is 0 Å². The molecule has 0 N–H and O–H groups in total. The summed E-state index contributed by atoms with van der Waals surface area (Å²) in [5.41, 5.74) is 0. The minimum Gasteiger partial charge on any atom is -0.379 e. The van der Waals surface area contributed by atoms with Crippen LogP contribution in [0.3, 0.4) is 0 Å². The summed E-state index contributed by atoms with van der Waals surface area (Å²) >= 11 is 5.37. The van der Waals surface area contributed by atoms with Gasteiger partial charge in [0.1, 0.15) is 5.82 Å². The Hall–Kier alpha value is -0.650. The van der Waals surface area contributed by atoms with Crippen molar-refractivity contribution in [2.24, 2.45) is 0 Å². The third-order valence-corrected chi connectivity index (χ3v) is 3.70. The van der Waals surface area contributed by atoms with Gasteiger partial charge in [-0.3, -0.25) is 0 Å². The topological polar surface area (TPSA) is 43.4 Å². The fraction of sp³-hybridized carbons (Fsp3) is 0.400. The largest absolute Gasteiger partial charge is 0.379 e. The summed E-state index contributed by atoms with van der Waals surface area (Å²) in [7, 11) is -3.47. The van der Waals surface area contributed by atoms with Gasteiger partial charge in [-0.2, -0.15) is 0 Å². The predicted octanol–water partition coefficient (Wildman–Crippen LogP) is 1.85. The molecule has 0 atom stereocenters. The molecule has 1 aromatic rings. The van der Waals surface area contributed by atoms with Crippen molar-refractivity contribution < 1.29 is 17.5 Å². The highest BCUT2D eigenvalue weighted by molar-refractivity contribution is 7.91. The molecule has 0 radical (unpaired) electrons. The fourth-order valence-corrected chi connectivity index (χ4v) is 2.36. The minimum absolute atomic E-state index is 0.0260. The van der Waals surface area contributed by atoms with Gasteiger partial charge in [-0.15, -0.1) is 11.6 Å². The van der Waals surface area contributed by atoms with Crippen LogP contribution in [0.2, 0.25) is 0 Å². The quantitative estimate of drug-likeness (QED) is 0.583. The molecule has 0 amide bonds.